The number of urea groups is 1. The van der Waals surface area contributed by atoms with Gasteiger partial charge >= 0.3 is 6.03 Å². The number of ketones is 1. The molecule has 15 heteroatoms. The predicted octanol–water partition coefficient (Wildman–Crippen LogP) is 3.70. The van der Waals surface area contributed by atoms with Gasteiger partial charge in [0.25, 0.3) is 5.91 Å². The van der Waals surface area contributed by atoms with E-state index < -0.39 is 68.6 Å². The first kappa shape index (κ1) is 39.9. The first-order valence-corrected chi connectivity index (χ1v) is 20.9. The van der Waals surface area contributed by atoms with Crippen LogP contribution in [0.5, 0.6) is 0 Å². The Morgan fingerprint density at radius 2 is 1.79 bits per heavy atom. The molecule has 2 aliphatic heterocycles. The molecule has 4 aliphatic rings. The van der Waals surface area contributed by atoms with Gasteiger partial charge in [-0.05, 0) is 53.4 Å². The van der Waals surface area contributed by atoms with Crippen LogP contribution < -0.4 is 21.3 Å². The molecule has 5 amide bonds. The number of hydrogen-bond donors (Lipinski definition) is 4. The summed E-state index contributed by atoms with van der Waals surface area (Å²) in [5.74, 6) is -2.54. The number of unbranched alkanes of at least 4 members (excludes halogenated alkanes) is 1. The zero-order valence-electron chi connectivity index (χ0n) is 31.4. The van der Waals surface area contributed by atoms with E-state index >= 15 is 0 Å². The second kappa shape index (κ2) is 15.2. The van der Waals surface area contributed by atoms with Crippen LogP contribution in [0.25, 0.3) is 0 Å². The van der Waals surface area contributed by atoms with Crippen molar-refractivity contribution in [3.8, 4) is 0 Å². The number of piperidine rings is 1. The topological polar surface area (TPSA) is 174 Å². The van der Waals surface area contributed by atoms with E-state index in [-0.39, 0.29) is 43.3 Å². The minimum atomic E-state index is -3.67. The van der Waals surface area contributed by atoms with E-state index in [0.29, 0.717) is 30.7 Å². The van der Waals surface area contributed by atoms with E-state index in [0.717, 1.165) is 30.6 Å². The number of hydrogen-bond acceptors (Lipinski definition) is 8. The van der Waals surface area contributed by atoms with Gasteiger partial charge in [0.15, 0.2) is 0 Å². The highest BCUT2D eigenvalue weighted by atomic mass is 32.2. The highest BCUT2D eigenvalue weighted by Gasteiger charge is 2.70. The molecule has 0 radical (unpaired) electrons. The second-order valence-corrected chi connectivity index (χ2v) is 19.6. The number of likely N-dealkylation sites (tertiary alicyclic amines) is 1. The number of carbonyl (C=O) groups is 5. The summed E-state index contributed by atoms with van der Waals surface area (Å²) in [5, 5.41) is 13.2. The molecular weight excluding hydrogens is 705 g/mol. The van der Waals surface area contributed by atoms with Crippen LogP contribution in [0.1, 0.15) is 97.8 Å². The maximum absolute atomic E-state index is 14.5. The van der Waals surface area contributed by atoms with Gasteiger partial charge in [0.2, 0.25) is 27.6 Å². The molecule has 2 aliphatic carbocycles. The van der Waals surface area contributed by atoms with Gasteiger partial charge < -0.3 is 26.2 Å². The van der Waals surface area contributed by atoms with Gasteiger partial charge in [-0.3, -0.25) is 19.2 Å². The first-order chi connectivity index (χ1) is 24.4. The van der Waals surface area contributed by atoms with E-state index in [2.05, 4.69) is 41.7 Å². The van der Waals surface area contributed by atoms with E-state index in [1.807, 2.05) is 27.7 Å². The third-order valence-electron chi connectivity index (χ3n) is 11.6. The smallest absolute Gasteiger partial charge is 0.315 e. The second-order valence-electron chi connectivity index (χ2n) is 16.7. The largest absolute Gasteiger partial charge is 0.346 e. The molecule has 1 aromatic heterocycles. The maximum Gasteiger partial charge on any atom is 0.315 e. The van der Waals surface area contributed by atoms with Crippen LogP contribution in [0.4, 0.5) is 4.79 Å². The number of rotatable bonds is 14. The summed E-state index contributed by atoms with van der Waals surface area (Å²) in [5.41, 5.74) is -1.78. The molecule has 0 spiro atoms. The molecule has 5 atom stereocenters. The van der Waals surface area contributed by atoms with Crippen molar-refractivity contribution in [3.63, 3.8) is 0 Å². The van der Waals surface area contributed by atoms with Crippen LogP contribution in [0.2, 0.25) is 0 Å². The van der Waals surface area contributed by atoms with Crippen LogP contribution >= 0.6 is 11.3 Å². The average Bonchev–Trinajstić information content (AvgIpc) is 3.53. The lowest BCUT2D eigenvalue weighted by atomic mass is 9.81. The lowest BCUT2D eigenvalue weighted by Crippen LogP contribution is -2.64. The van der Waals surface area contributed by atoms with E-state index in [4.69, 9.17) is 0 Å². The third kappa shape index (κ3) is 7.96. The van der Waals surface area contributed by atoms with Crippen molar-refractivity contribution in [1.29, 1.82) is 0 Å². The van der Waals surface area contributed by atoms with E-state index in [1.165, 1.54) is 26.6 Å². The van der Waals surface area contributed by atoms with Crippen molar-refractivity contribution in [3.05, 3.63) is 29.0 Å². The summed E-state index contributed by atoms with van der Waals surface area (Å²) in [6, 6.07) is -1.89. The molecular formula is C37H56N6O7S2. The van der Waals surface area contributed by atoms with Gasteiger partial charge in [-0.15, -0.1) is 17.9 Å². The zero-order valence-corrected chi connectivity index (χ0v) is 33.0. The van der Waals surface area contributed by atoms with Crippen molar-refractivity contribution >= 4 is 50.9 Å². The van der Waals surface area contributed by atoms with Gasteiger partial charge in [0.05, 0.1) is 16.5 Å². The molecule has 3 fully saturated rings. The van der Waals surface area contributed by atoms with Crippen molar-refractivity contribution in [1.82, 2.24) is 30.5 Å². The molecule has 2 saturated carbocycles. The number of fused-ring (bicyclic) bond motifs is 2. The highest BCUT2D eigenvalue weighted by molar-refractivity contribution is 7.89. The highest BCUT2D eigenvalue weighted by Crippen LogP contribution is 2.65. The molecule has 0 aromatic carbocycles. The van der Waals surface area contributed by atoms with Crippen LogP contribution in [0, 0.1) is 22.7 Å². The molecule has 3 heterocycles. The lowest BCUT2D eigenvalue weighted by Gasteiger charge is -2.42. The Labute approximate surface area is 312 Å². The SMILES string of the molecule is C=CCNC(=O)C(=O)C(CCCC)NC(=O)C1[C@@H]2[C@H](CN1C(=O)[C@@H](NC(=O)NC1(CN3Cc4sccc4S3(=O)=O)CCCCC1)C(C)(C)C)C2(C)C. The van der Waals surface area contributed by atoms with Gasteiger partial charge in [-0.2, -0.15) is 4.31 Å². The molecule has 5 rings (SSSR count). The fourth-order valence-electron chi connectivity index (χ4n) is 8.47. The van der Waals surface area contributed by atoms with Gasteiger partial charge in [0.1, 0.15) is 12.1 Å². The normalized spacial score (nSPS) is 25.2. The number of nitrogens with zero attached hydrogens (tertiary/aromatic N) is 2. The monoisotopic (exact) mass is 760 g/mol. The minimum Gasteiger partial charge on any atom is -0.346 e. The Kier molecular flexibility index (Phi) is 11.7. The zero-order chi connectivity index (χ0) is 38.2. The number of nitrogens with one attached hydrogen (secondary N) is 4. The average molecular weight is 761 g/mol. The Morgan fingerprint density at radius 3 is 2.40 bits per heavy atom. The molecule has 4 N–H and O–H groups in total. The minimum absolute atomic E-state index is 0.0542. The summed E-state index contributed by atoms with van der Waals surface area (Å²) in [6.07, 6.45) is 6.96. The van der Waals surface area contributed by atoms with Crippen LogP contribution in [-0.2, 0) is 35.7 Å². The van der Waals surface area contributed by atoms with Crippen molar-refractivity contribution in [2.75, 3.05) is 19.6 Å². The Morgan fingerprint density at radius 1 is 1.10 bits per heavy atom. The van der Waals surface area contributed by atoms with Crippen molar-refractivity contribution in [2.45, 2.75) is 128 Å². The Balaban J connectivity index is 1.33. The van der Waals surface area contributed by atoms with Crippen molar-refractivity contribution in [2.24, 2.45) is 22.7 Å². The van der Waals surface area contributed by atoms with Gasteiger partial charge in [-0.1, -0.05) is 79.7 Å². The standard InChI is InChI=1S/C37H56N6O7S2/c1-8-10-14-24(29(44)32(46)38-18-9-2)39-31(45)28-27-23(36(27,6)7)20-43(28)33(47)30(35(3,4)5)40-34(48)41-37(16-12-11-13-17-37)22-42-21-25-26(15-19-51-25)52(42,49)50/h9,15,19,23-24,27-28,30H,2,8,10-14,16-18,20-22H2,1,3-7H3,(H,38,46)(H,39,45)(H2,40,41,48)/t23-,24?,27-,28?,30+/m0/s1. The number of thiophene rings is 1. The summed E-state index contributed by atoms with van der Waals surface area (Å²) in [6.45, 7) is 16.0. The van der Waals surface area contributed by atoms with Crippen LogP contribution in [0.3, 0.4) is 0 Å². The Bertz CT molecular complexity index is 1680. The van der Waals surface area contributed by atoms with Gasteiger partial charge in [-0.25, -0.2) is 13.2 Å². The molecule has 0 bridgehead atoms. The Hall–Kier alpha value is -3.30. The number of sulfonamides is 1. The fourth-order valence-corrected chi connectivity index (χ4v) is 11.5. The molecule has 2 unspecified atom stereocenters. The summed E-state index contributed by atoms with van der Waals surface area (Å²) < 4.78 is 28.2. The molecule has 13 nitrogen and oxygen atoms in total. The molecule has 1 saturated heterocycles. The number of amides is 5. The summed E-state index contributed by atoms with van der Waals surface area (Å²) >= 11 is 1.41. The van der Waals surface area contributed by atoms with Crippen LogP contribution in [-0.4, -0.2) is 90.5 Å². The quantitative estimate of drug-likeness (QED) is 0.165. The molecule has 288 valence electrons. The number of Topliss-reactive ketones (excluding diaryl/α,β-unsaturated/α-hetero) is 1. The predicted molar refractivity (Wildman–Crippen MR) is 199 cm³/mol. The van der Waals surface area contributed by atoms with E-state index in [1.54, 1.807) is 11.4 Å². The van der Waals surface area contributed by atoms with Crippen LogP contribution in [0.15, 0.2) is 29.0 Å². The lowest BCUT2D eigenvalue weighted by molar-refractivity contribution is -0.145. The number of carbonyl (C=O) groups excluding carboxylic acids is 5. The van der Waals surface area contributed by atoms with Gasteiger partial charge in [0, 0.05) is 31.1 Å². The summed E-state index contributed by atoms with van der Waals surface area (Å²) in [4.78, 5) is 71.0. The maximum atomic E-state index is 14.5. The fraction of sp³-hybridized carbons (Fsp3) is 0.703. The summed E-state index contributed by atoms with van der Waals surface area (Å²) in [7, 11) is -3.67. The third-order valence-corrected chi connectivity index (χ3v) is 14.5. The first-order valence-electron chi connectivity index (χ1n) is 18.6. The van der Waals surface area contributed by atoms with Crippen molar-refractivity contribution < 1.29 is 32.4 Å². The molecule has 1 aromatic rings. The van der Waals surface area contributed by atoms with E-state index in [9.17, 15) is 32.4 Å². The molecule has 52 heavy (non-hydrogen) atoms.